The molecule has 0 amide bonds. The number of nitrogens with zero attached hydrogens (tertiary/aromatic N) is 2. The van der Waals surface area contributed by atoms with Gasteiger partial charge in [0.25, 0.3) is 0 Å². The molecule has 0 radical (unpaired) electrons. The summed E-state index contributed by atoms with van der Waals surface area (Å²) in [5.74, 6) is 0. The molecule has 0 atom stereocenters. The van der Waals surface area contributed by atoms with E-state index in [1.807, 2.05) is 0 Å². The fourth-order valence-electron chi connectivity index (χ4n) is 1.65. The van der Waals surface area contributed by atoms with Gasteiger partial charge in [-0.05, 0) is 23.8 Å². The Morgan fingerprint density at radius 3 is 2.33 bits per heavy atom. The molecule has 0 saturated carbocycles. The third-order valence-electron chi connectivity index (χ3n) is 2.63. The van der Waals surface area contributed by atoms with Gasteiger partial charge in [0.1, 0.15) is 0 Å². The summed E-state index contributed by atoms with van der Waals surface area (Å²) in [6.45, 7) is 0.762. The first-order valence-electron chi connectivity index (χ1n) is 5.37. The van der Waals surface area contributed by atoms with Gasteiger partial charge in [-0.3, -0.25) is 4.68 Å². The van der Waals surface area contributed by atoms with Crippen LogP contribution in [0.5, 0.6) is 0 Å². The molecule has 1 aromatic carbocycles. The van der Waals surface area contributed by atoms with E-state index in [1.165, 1.54) is 12.1 Å². The van der Waals surface area contributed by atoms with Crippen molar-refractivity contribution in [3.05, 3.63) is 53.3 Å². The van der Waals surface area contributed by atoms with Crippen LogP contribution in [0, 0.1) is 0 Å². The minimum atomic E-state index is -4.30. The molecule has 18 heavy (non-hydrogen) atoms. The van der Waals surface area contributed by atoms with Gasteiger partial charge < -0.3 is 5.73 Å². The van der Waals surface area contributed by atoms with Gasteiger partial charge >= 0.3 is 6.18 Å². The summed E-state index contributed by atoms with van der Waals surface area (Å²) >= 11 is 0. The quantitative estimate of drug-likeness (QED) is 0.915. The molecule has 3 nitrogen and oxygen atoms in total. The average Bonchev–Trinajstić information content (AvgIpc) is 2.76. The fourth-order valence-corrected chi connectivity index (χ4v) is 1.65. The maximum atomic E-state index is 12.4. The van der Waals surface area contributed by atoms with Crippen molar-refractivity contribution in [2.75, 3.05) is 0 Å². The van der Waals surface area contributed by atoms with Crippen molar-refractivity contribution in [3.8, 4) is 0 Å². The summed E-state index contributed by atoms with van der Waals surface area (Å²) in [5.41, 5.74) is 6.47. The van der Waals surface area contributed by atoms with Crippen LogP contribution in [0.15, 0.2) is 36.5 Å². The van der Waals surface area contributed by atoms with Crippen LogP contribution >= 0.6 is 0 Å². The topological polar surface area (TPSA) is 43.8 Å². The predicted molar refractivity (Wildman–Crippen MR) is 60.7 cm³/mol. The first-order valence-corrected chi connectivity index (χ1v) is 5.37. The Morgan fingerprint density at radius 1 is 1.11 bits per heavy atom. The highest BCUT2D eigenvalue weighted by Gasteiger charge is 2.29. The number of benzene rings is 1. The van der Waals surface area contributed by atoms with E-state index in [1.54, 1.807) is 16.9 Å². The van der Waals surface area contributed by atoms with Gasteiger partial charge in [0.05, 0.1) is 17.8 Å². The Bertz CT molecular complexity index is 514. The highest BCUT2D eigenvalue weighted by atomic mass is 19.4. The molecular weight excluding hydrogens is 243 g/mol. The van der Waals surface area contributed by atoms with Crippen LogP contribution in [0.25, 0.3) is 0 Å². The summed E-state index contributed by atoms with van der Waals surface area (Å²) in [5, 5.41) is 4.07. The molecule has 0 fully saturated rings. The smallest absolute Gasteiger partial charge is 0.325 e. The molecule has 1 heterocycles. The number of hydrogen-bond acceptors (Lipinski definition) is 2. The molecular formula is C12H12F3N3. The summed E-state index contributed by atoms with van der Waals surface area (Å²) in [7, 11) is 0. The number of rotatable bonds is 3. The molecule has 0 bridgehead atoms. The highest BCUT2D eigenvalue weighted by molar-refractivity contribution is 5.25. The average molecular weight is 255 g/mol. The minimum absolute atomic E-state index is 0.348. The SMILES string of the molecule is NCc1ccnn1Cc1ccc(C(F)(F)F)cc1. The Hall–Kier alpha value is -1.82. The van der Waals surface area contributed by atoms with Crippen LogP contribution in [0.4, 0.5) is 13.2 Å². The number of aromatic nitrogens is 2. The molecule has 0 aliphatic heterocycles. The van der Waals surface area contributed by atoms with E-state index in [2.05, 4.69) is 5.10 Å². The van der Waals surface area contributed by atoms with Crippen molar-refractivity contribution in [1.29, 1.82) is 0 Å². The van der Waals surface area contributed by atoms with E-state index >= 15 is 0 Å². The van der Waals surface area contributed by atoms with Crippen molar-refractivity contribution in [2.24, 2.45) is 5.73 Å². The number of halogens is 3. The van der Waals surface area contributed by atoms with Gasteiger partial charge in [-0.1, -0.05) is 12.1 Å². The standard InChI is InChI=1S/C12H12F3N3/c13-12(14,15)10-3-1-9(2-4-10)8-18-11(7-16)5-6-17-18/h1-6H,7-8,16H2. The van der Waals surface area contributed by atoms with E-state index < -0.39 is 11.7 Å². The zero-order chi connectivity index (χ0) is 13.2. The zero-order valence-electron chi connectivity index (χ0n) is 9.48. The van der Waals surface area contributed by atoms with Crippen molar-refractivity contribution in [3.63, 3.8) is 0 Å². The second-order valence-corrected chi connectivity index (χ2v) is 3.88. The van der Waals surface area contributed by atoms with Crippen molar-refractivity contribution in [2.45, 2.75) is 19.3 Å². The second-order valence-electron chi connectivity index (χ2n) is 3.88. The van der Waals surface area contributed by atoms with Crippen LogP contribution in [0.1, 0.15) is 16.8 Å². The number of hydrogen-bond donors (Lipinski definition) is 1. The van der Waals surface area contributed by atoms with Crippen LogP contribution in [0.2, 0.25) is 0 Å². The number of nitrogens with two attached hydrogens (primary N) is 1. The third-order valence-corrected chi connectivity index (χ3v) is 2.63. The predicted octanol–water partition coefficient (Wildman–Crippen LogP) is 2.41. The monoisotopic (exact) mass is 255 g/mol. The maximum absolute atomic E-state index is 12.4. The van der Waals surface area contributed by atoms with Crippen LogP contribution in [0.3, 0.4) is 0 Å². The summed E-state index contributed by atoms with van der Waals surface area (Å²) in [4.78, 5) is 0. The van der Waals surface area contributed by atoms with Crippen molar-refractivity contribution >= 4 is 0 Å². The molecule has 0 spiro atoms. The zero-order valence-corrected chi connectivity index (χ0v) is 9.48. The van der Waals surface area contributed by atoms with Crippen LogP contribution in [-0.2, 0) is 19.3 Å². The Kier molecular flexibility index (Phi) is 3.38. The molecule has 0 aliphatic rings. The lowest BCUT2D eigenvalue weighted by Crippen LogP contribution is -2.10. The molecule has 96 valence electrons. The lowest BCUT2D eigenvalue weighted by Gasteiger charge is -2.09. The van der Waals surface area contributed by atoms with Gasteiger partial charge in [-0.15, -0.1) is 0 Å². The molecule has 2 aromatic rings. The lowest BCUT2D eigenvalue weighted by molar-refractivity contribution is -0.137. The second kappa shape index (κ2) is 4.81. The largest absolute Gasteiger partial charge is 0.416 e. The van der Waals surface area contributed by atoms with Crippen molar-refractivity contribution in [1.82, 2.24) is 9.78 Å². The molecule has 1 aromatic heterocycles. The molecule has 2 N–H and O–H groups in total. The normalized spacial score (nSPS) is 11.8. The molecule has 0 unspecified atom stereocenters. The van der Waals surface area contributed by atoms with E-state index in [0.29, 0.717) is 13.1 Å². The van der Waals surface area contributed by atoms with Gasteiger partial charge in [0.15, 0.2) is 0 Å². The van der Waals surface area contributed by atoms with E-state index in [0.717, 1.165) is 23.4 Å². The summed E-state index contributed by atoms with van der Waals surface area (Å²) in [6.07, 6.45) is -2.68. The van der Waals surface area contributed by atoms with Gasteiger partial charge in [-0.25, -0.2) is 0 Å². The Labute approximate surface area is 102 Å². The maximum Gasteiger partial charge on any atom is 0.416 e. The minimum Gasteiger partial charge on any atom is -0.325 e. The Morgan fingerprint density at radius 2 is 1.78 bits per heavy atom. The molecule has 0 saturated heterocycles. The summed E-state index contributed by atoms with van der Waals surface area (Å²) in [6, 6.07) is 6.82. The molecule has 2 rings (SSSR count). The third kappa shape index (κ3) is 2.70. The van der Waals surface area contributed by atoms with Gasteiger partial charge in [-0.2, -0.15) is 18.3 Å². The molecule has 0 aliphatic carbocycles. The van der Waals surface area contributed by atoms with Crippen LogP contribution in [-0.4, -0.2) is 9.78 Å². The van der Waals surface area contributed by atoms with E-state index in [9.17, 15) is 13.2 Å². The first kappa shape index (κ1) is 12.6. The fraction of sp³-hybridized carbons (Fsp3) is 0.250. The number of alkyl halides is 3. The highest BCUT2D eigenvalue weighted by Crippen LogP contribution is 2.29. The van der Waals surface area contributed by atoms with Gasteiger partial charge in [0, 0.05) is 12.7 Å². The van der Waals surface area contributed by atoms with E-state index in [-0.39, 0.29) is 0 Å². The molecule has 6 heteroatoms. The Balaban J connectivity index is 2.16. The van der Waals surface area contributed by atoms with Crippen molar-refractivity contribution < 1.29 is 13.2 Å². The summed E-state index contributed by atoms with van der Waals surface area (Å²) < 4.78 is 38.8. The van der Waals surface area contributed by atoms with Gasteiger partial charge in [0.2, 0.25) is 0 Å². The first-order chi connectivity index (χ1) is 8.50. The van der Waals surface area contributed by atoms with Crippen LogP contribution < -0.4 is 5.73 Å². The van der Waals surface area contributed by atoms with E-state index in [4.69, 9.17) is 5.73 Å². The lowest BCUT2D eigenvalue weighted by atomic mass is 10.1.